The van der Waals surface area contributed by atoms with Crippen LogP contribution >= 0.6 is 0 Å². The number of aromatic nitrogens is 2. The van der Waals surface area contributed by atoms with Crippen LogP contribution in [0.3, 0.4) is 0 Å². The summed E-state index contributed by atoms with van der Waals surface area (Å²) >= 11 is 0. The number of hydrogen-bond acceptors (Lipinski definition) is 3. The monoisotopic (exact) mass is 252 g/mol. The lowest BCUT2D eigenvalue weighted by Gasteiger charge is -2.05. The van der Waals surface area contributed by atoms with Gasteiger partial charge in [-0.15, -0.1) is 0 Å². The summed E-state index contributed by atoms with van der Waals surface area (Å²) in [7, 11) is 0. The van der Waals surface area contributed by atoms with Crippen LogP contribution in [0.5, 0.6) is 0 Å². The van der Waals surface area contributed by atoms with Gasteiger partial charge < -0.3 is 14.4 Å². The Kier molecular flexibility index (Phi) is 3.57. The van der Waals surface area contributed by atoms with E-state index in [0.29, 0.717) is 17.9 Å². The Hall–Kier alpha value is -1.95. The molecule has 0 atom stereocenters. The lowest BCUT2D eigenvalue weighted by Crippen LogP contribution is -2.10. The number of hydrogen-bond donors (Lipinski definition) is 1. The summed E-state index contributed by atoms with van der Waals surface area (Å²) in [5, 5.41) is 8.49. The van der Waals surface area contributed by atoms with E-state index in [1.165, 1.54) is 6.07 Å². The normalized spacial score (nSPS) is 11.0. The number of para-hydroxylation sites is 1. The van der Waals surface area contributed by atoms with Gasteiger partial charge in [-0.25, -0.2) is 14.2 Å². The second-order valence-electron chi connectivity index (χ2n) is 3.77. The fraction of sp³-hybridized carbons (Fsp3) is 0.333. The summed E-state index contributed by atoms with van der Waals surface area (Å²) in [6, 6.07) is 4.74. The third-order valence-electron chi connectivity index (χ3n) is 2.58. The smallest absolute Gasteiger partial charge is 0.329 e. The van der Waals surface area contributed by atoms with Gasteiger partial charge in [-0.2, -0.15) is 0 Å². The molecule has 96 valence electrons. The number of nitrogens with zero attached hydrogens (tertiary/aromatic N) is 2. The average molecular weight is 252 g/mol. The molecule has 1 aromatic carbocycles. The summed E-state index contributed by atoms with van der Waals surface area (Å²) in [5.74, 6) is -0.904. The molecule has 1 heterocycles. The van der Waals surface area contributed by atoms with Crippen LogP contribution in [-0.2, 0) is 22.7 Å². The average Bonchev–Trinajstić information content (AvgIpc) is 2.68. The van der Waals surface area contributed by atoms with Crippen LogP contribution in [0.15, 0.2) is 18.2 Å². The van der Waals surface area contributed by atoms with Crippen molar-refractivity contribution < 1.29 is 19.0 Å². The number of rotatable bonds is 5. The standard InChI is InChI=1S/C12H13FN2O3/c1-2-15-9-5-3-4-8(13)12(9)14-10(15)6-18-7-11(16)17/h3-5H,2,6-7H2,1H3,(H,16,17). The van der Waals surface area contributed by atoms with E-state index in [0.717, 1.165) is 0 Å². The van der Waals surface area contributed by atoms with Crippen molar-refractivity contribution >= 4 is 17.0 Å². The minimum atomic E-state index is -1.04. The van der Waals surface area contributed by atoms with Crippen LogP contribution in [0.4, 0.5) is 4.39 Å². The second kappa shape index (κ2) is 5.14. The maximum atomic E-state index is 13.6. The van der Waals surface area contributed by atoms with E-state index in [1.54, 1.807) is 16.7 Å². The molecule has 1 aromatic heterocycles. The molecule has 0 unspecified atom stereocenters. The molecule has 2 aromatic rings. The third kappa shape index (κ3) is 2.33. The van der Waals surface area contributed by atoms with Crippen molar-refractivity contribution in [2.45, 2.75) is 20.1 Å². The van der Waals surface area contributed by atoms with Crippen LogP contribution in [0, 0.1) is 5.82 Å². The first-order valence-corrected chi connectivity index (χ1v) is 5.56. The maximum absolute atomic E-state index is 13.6. The number of aryl methyl sites for hydroxylation is 1. The maximum Gasteiger partial charge on any atom is 0.329 e. The lowest BCUT2D eigenvalue weighted by molar-refractivity contribution is -0.142. The van der Waals surface area contributed by atoms with Crippen molar-refractivity contribution in [1.82, 2.24) is 9.55 Å². The number of aliphatic carboxylic acids is 1. The summed E-state index contributed by atoms with van der Waals surface area (Å²) in [6.45, 7) is 2.18. The molecule has 0 spiro atoms. The van der Waals surface area contributed by atoms with Crippen molar-refractivity contribution in [2.24, 2.45) is 0 Å². The lowest BCUT2D eigenvalue weighted by atomic mass is 10.3. The highest BCUT2D eigenvalue weighted by molar-refractivity contribution is 5.76. The van der Waals surface area contributed by atoms with E-state index in [4.69, 9.17) is 9.84 Å². The Labute approximate surface area is 103 Å². The van der Waals surface area contributed by atoms with Gasteiger partial charge in [0.25, 0.3) is 0 Å². The first-order chi connectivity index (χ1) is 8.63. The van der Waals surface area contributed by atoms with Gasteiger partial charge in [-0.3, -0.25) is 0 Å². The molecule has 0 radical (unpaired) electrons. The van der Waals surface area contributed by atoms with Gasteiger partial charge >= 0.3 is 5.97 Å². The molecular weight excluding hydrogens is 239 g/mol. The molecule has 6 heteroatoms. The zero-order valence-corrected chi connectivity index (χ0v) is 9.89. The van der Waals surface area contributed by atoms with Gasteiger partial charge in [0.2, 0.25) is 0 Å². The van der Waals surface area contributed by atoms with Crippen molar-refractivity contribution in [3.05, 3.63) is 29.8 Å². The first-order valence-electron chi connectivity index (χ1n) is 5.56. The number of carboxylic acids is 1. The second-order valence-corrected chi connectivity index (χ2v) is 3.77. The molecule has 0 bridgehead atoms. The molecule has 0 aliphatic heterocycles. The number of imidazole rings is 1. The number of carbonyl (C=O) groups is 1. The van der Waals surface area contributed by atoms with Crippen molar-refractivity contribution in [3.63, 3.8) is 0 Å². The molecule has 1 N–H and O–H groups in total. The highest BCUT2D eigenvalue weighted by Gasteiger charge is 2.12. The molecule has 0 saturated heterocycles. The van der Waals surface area contributed by atoms with E-state index < -0.39 is 12.6 Å². The molecule has 5 nitrogen and oxygen atoms in total. The van der Waals surface area contributed by atoms with Gasteiger partial charge in [0, 0.05) is 6.54 Å². The number of fused-ring (bicyclic) bond motifs is 1. The Morgan fingerprint density at radius 2 is 2.33 bits per heavy atom. The van der Waals surface area contributed by atoms with Crippen LogP contribution in [-0.4, -0.2) is 27.2 Å². The van der Waals surface area contributed by atoms with Crippen LogP contribution < -0.4 is 0 Å². The number of ether oxygens (including phenoxy) is 1. The highest BCUT2D eigenvalue weighted by atomic mass is 19.1. The SMILES string of the molecule is CCn1c(COCC(=O)O)nc2c(F)cccc21. The number of benzene rings is 1. The Morgan fingerprint density at radius 3 is 3.00 bits per heavy atom. The topological polar surface area (TPSA) is 64.3 Å². The molecule has 18 heavy (non-hydrogen) atoms. The minimum Gasteiger partial charge on any atom is -0.480 e. The van der Waals surface area contributed by atoms with E-state index in [2.05, 4.69) is 4.98 Å². The summed E-state index contributed by atoms with van der Waals surface area (Å²) in [4.78, 5) is 14.5. The largest absolute Gasteiger partial charge is 0.480 e. The van der Waals surface area contributed by atoms with Crippen molar-refractivity contribution in [3.8, 4) is 0 Å². The van der Waals surface area contributed by atoms with Gasteiger partial charge in [0.1, 0.15) is 24.6 Å². The van der Waals surface area contributed by atoms with Gasteiger partial charge in [-0.05, 0) is 19.1 Å². The molecular formula is C12H13FN2O3. The minimum absolute atomic E-state index is 0.0499. The molecule has 0 aliphatic rings. The van der Waals surface area contributed by atoms with Gasteiger partial charge in [-0.1, -0.05) is 6.07 Å². The predicted octanol–water partition coefficient (Wildman–Crippen LogP) is 1.80. The molecule has 0 saturated carbocycles. The highest BCUT2D eigenvalue weighted by Crippen LogP contribution is 2.19. The van der Waals surface area contributed by atoms with Crippen molar-refractivity contribution in [1.29, 1.82) is 0 Å². The Bertz CT molecular complexity index is 580. The number of halogens is 1. The summed E-state index contributed by atoms with van der Waals surface area (Å²) < 4.78 is 20.3. The van der Waals surface area contributed by atoms with E-state index in [1.807, 2.05) is 6.92 Å². The van der Waals surface area contributed by atoms with E-state index in [9.17, 15) is 9.18 Å². The van der Waals surface area contributed by atoms with Gasteiger partial charge in [0.15, 0.2) is 5.82 Å². The van der Waals surface area contributed by atoms with Crippen LogP contribution in [0.25, 0.3) is 11.0 Å². The first kappa shape index (κ1) is 12.5. The van der Waals surface area contributed by atoms with Crippen LogP contribution in [0.2, 0.25) is 0 Å². The van der Waals surface area contributed by atoms with Crippen molar-refractivity contribution in [2.75, 3.05) is 6.61 Å². The van der Waals surface area contributed by atoms with E-state index >= 15 is 0 Å². The van der Waals surface area contributed by atoms with Crippen LogP contribution in [0.1, 0.15) is 12.7 Å². The zero-order chi connectivity index (χ0) is 13.1. The Balaban J connectivity index is 2.32. The Morgan fingerprint density at radius 1 is 1.56 bits per heavy atom. The summed E-state index contributed by atoms with van der Waals surface area (Å²) in [5.41, 5.74) is 0.972. The molecule has 0 fully saturated rings. The van der Waals surface area contributed by atoms with Gasteiger partial charge in [0.05, 0.1) is 5.52 Å². The zero-order valence-electron chi connectivity index (χ0n) is 9.89. The molecule has 0 amide bonds. The van der Waals surface area contributed by atoms with E-state index in [-0.39, 0.29) is 17.9 Å². The molecule has 0 aliphatic carbocycles. The third-order valence-corrected chi connectivity index (χ3v) is 2.58. The summed E-state index contributed by atoms with van der Waals surface area (Å²) in [6.07, 6.45) is 0. The predicted molar refractivity (Wildman–Crippen MR) is 62.7 cm³/mol. The number of carboxylic acid groups (broad SMARTS) is 1. The quantitative estimate of drug-likeness (QED) is 0.881. The molecule has 2 rings (SSSR count). The fourth-order valence-corrected chi connectivity index (χ4v) is 1.85. The fourth-order valence-electron chi connectivity index (χ4n) is 1.85.